The van der Waals surface area contributed by atoms with E-state index >= 15 is 0 Å². The van der Waals surface area contributed by atoms with Crippen LogP contribution in [0.5, 0.6) is 0 Å². The number of aromatic nitrogens is 2. The van der Waals surface area contributed by atoms with Gasteiger partial charge < -0.3 is 15.8 Å². The van der Waals surface area contributed by atoms with Crippen molar-refractivity contribution in [2.75, 3.05) is 0 Å². The minimum atomic E-state index is -1.40. The lowest BCUT2D eigenvalue weighted by Gasteiger charge is -2.31. The summed E-state index contributed by atoms with van der Waals surface area (Å²) >= 11 is 5.27. The molecule has 3 unspecified atom stereocenters. The van der Waals surface area contributed by atoms with E-state index in [4.69, 9.17) is 22.7 Å². The van der Waals surface area contributed by atoms with Gasteiger partial charge in [-0.15, -0.1) is 0 Å². The molecule has 0 spiro atoms. The van der Waals surface area contributed by atoms with Crippen LogP contribution in [-0.2, 0) is 16.0 Å². The van der Waals surface area contributed by atoms with E-state index in [-0.39, 0.29) is 29.4 Å². The number of ether oxygens (including phenoxy) is 1. The molecule has 3 aromatic rings. The van der Waals surface area contributed by atoms with Gasteiger partial charge in [0.1, 0.15) is 17.5 Å². The summed E-state index contributed by atoms with van der Waals surface area (Å²) in [6.45, 7) is 4.30. The third-order valence-corrected chi connectivity index (χ3v) is 6.40. The van der Waals surface area contributed by atoms with Gasteiger partial charge in [0.25, 0.3) is 5.91 Å². The van der Waals surface area contributed by atoms with Gasteiger partial charge in [-0.2, -0.15) is 0 Å². The number of rotatable bonds is 12. The number of nitrogens with one attached hydrogen (secondary N) is 1. The molecule has 0 radical (unpaired) electrons. The maximum absolute atomic E-state index is 14.2. The van der Waals surface area contributed by atoms with Crippen molar-refractivity contribution in [3.63, 3.8) is 0 Å². The fraction of sp³-hybridized carbons (Fsp3) is 0.393. The number of nitrogens with two attached hydrogens (primary N) is 1. The highest BCUT2D eigenvalue weighted by atomic mass is 32.1. The normalized spacial score (nSPS) is 13.9. The molecule has 1 amide bonds. The number of halogens is 1. The average molecular weight is 525 g/mol. The van der Waals surface area contributed by atoms with Crippen LogP contribution >= 0.6 is 12.2 Å². The first-order valence-corrected chi connectivity index (χ1v) is 12.6. The van der Waals surface area contributed by atoms with Crippen molar-refractivity contribution < 1.29 is 18.7 Å². The SMILES string of the molecule is CC(=O)OC(CC(CCC(C)(C)F)C(N)=S)C(Cc1ccccc1)NC(=O)c1cnc2ccccc2n1. The zero-order valence-corrected chi connectivity index (χ0v) is 22.1. The zero-order chi connectivity index (χ0) is 27.0. The lowest BCUT2D eigenvalue weighted by Crippen LogP contribution is -2.48. The highest BCUT2D eigenvalue weighted by Crippen LogP contribution is 2.26. The van der Waals surface area contributed by atoms with E-state index in [1.807, 2.05) is 48.5 Å². The summed E-state index contributed by atoms with van der Waals surface area (Å²) in [4.78, 5) is 34.4. The molecule has 0 aliphatic rings. The number of esters is 1. The first kappa shape index (κ1) is 28.1. The number of para-hydroxylation sites is 2. The van der Waals surface area contributed by atoms with E-state index in [0.29, 0.717) is 23.9 Å². The second-order valence-electron chi connectivity index (χ2n) is 9.75. The summed E-state index contributed by atoms with van der Waals surface area (Å²) < 4.78 is 19.9. The van der Waals surface area contributed by atoms with Crippen LogP contribution in [0.15, 0.2) is 60.8 Å². The lowest BCUT2D eigenvalue weighted by molar-refractivity contribution is -0.148. The molecule has 0 saturated heterocycles. The summed E-state index contributed by atoms with van der Waals surface area (Å²) in [5, 5.41) is 2.99. The van der Waals surface area contributed by atoms with Crippen LogP contribution in [0.2, 0.25) is 0 Å². The molecule has 1 heterocycles. The molecule has 3 N–H and O–H groups in total. The van der Waals surface area contributed by atoms with Crippen LogP contribution in [0.3, 0.4) is 0 Å². The largest absolute Gasteiger partial charge is 0.460 e. The molecule has 7 nitrogen and oxygen atoms in total. The number of carbonyl (C=O) groups is 2. The van der Waals surface area contributed by atoms with Gasteiger partial charge in [-0.3, -0.25) is 14.6 Å². The van der Waals surface area contributed by atoms with E-state index in [0.717, 1.165) is 5.56 Å². The number of hydrogen-bond acceptors (Lipinski definition) is 6. The van der Waals surface area contributed by atoms with Gasteiger partial charge >= 0.3 is 5.97 Å². The average Bonchev–Trinajstić information content (AvgIpc) is 2.84. The molecule has 1 aromatic heterocycles. The number of fused-ring (bicyclic) bond motifs is 1. The molecule has 2 aromatic carbocycles. The predicted molar refractivity (Wildman–Crippen MR) is 146 cm³/mol. The van der Waals surface area contributed by atoms with Crippen molar-refractivity contribution in [1.82, 2.24) is 15.3 Å². The highest BCUT2D eigenvalue weighted by Gasteiger charge is 2.32. The number of thiocarbonyl (C=S) groups is 1. The fourth-order valence-electron chi connectivity index (χ4n) is 4.13. The van der Waals surface area contributed by atoms with Crippen molar-refractivity contribution in [3.05, 3.63) is 72.1 Å². The Kier molecular flexibility index (Phi) is 9.63. The number of alkyl halides is 1. The van der Waals surface area contributed by atoms with Crippen molar-refractivity contribution in [2.45, 2.75) is 64.3 Å². The minimum Gasteiger partial charge on any atom is -0.460 e. The Labute approximate surface area is 222 Å². The Morgan fingerprint density at radius 3 is 2.38 bits per heavy atom. The second-order valence-corrected chi connectivity index (χ2v) is 10.2. The minimum absolute atomic E-state index is 0.142. The Morgan fingerprint density at radius 1 is 1.11 bits per heavy atom. The molecule has 196 valence electrons. The molecule has 3 rings (SSSR count). The van der Waals surface area contributed by atoms with Gasteiger partial charge in [-0.25, -0.2) is 9.37 Å². The van der Waals surface area contributed by atoms with Gasteiger partial charge in [0.2, 0.25) is 0 Å². The van der Waals surface area contributed by atoms with E-state index < -0.39 is 29.7 Å². The molecule has 0 fully saturated rings. The molecule has 3 atom stereocenters. The van der Waals surface area contributed by atoms with Gasteiger partial charge in [0, 0.05) is 12.8 Å². The maximum Gasteiger partial charge on any atom is 0.302 e. The first-order chi connectivity index (χ1) is 17.5. The summed E-state index contributed by atoms with van der Waals surface area (Å²) in [6, 6.07) is 16.2. The molecular weight excluding hydrogens is 491 g/mol. The molecule has 37 heavy (non-hydrogen) atoms. The predicted octanol–water partition coefficient (Wildman–Crippen LogP) is 4.72. The van der Waals surface area contributed by atoms with E-state index in [1.165, 1.54) is 27.0 Å². The second kappa shape index (κ2) is 12.7. The third-order valence-electron chi connectivity index (χ3n) is 6.07. The van der Waals surface area contributed by atoms with Crippen molar-refractivity contribution >= 4 is 40.1 Å². The summed E-state index contributed by atoms with van der Waals surface area (Å²) in [7, 11) is 0. The van der Waals surface area contributed by atoms with Gasteiger partial charge in [0.15, 0.2) is 0 Å². The lowest BCUT2D eigenvalue weighted by atomic mass is 9.88. The van der Waals surface area contributed by atoms with Crippen LogP contribution in [0.1, 0.15) is 56.1 Å². The number of nitrogens with zero attached hydrogens (tertiary/aromatic N) is 2. The Hall–Kier alpha value is -3.46. The highest BCUT2D eigenvalue weighted by molar-refractivity contribution is 7.80. The van der Waals surface area contributed by atoms with Crippen LogP contribution in [-0.4, -0.2) is 44.6 Å². The number of carbonyl (C=O) groups excluding carboxylic acids is 2. The summed E-state index contributed by atoms with van der Waals surface area (Å²) in [6.07, 6.45) is 1.91. The first-order valence-electron chi connectivity index (χ1n) is 12.2. The topological polar surface area (TPSA) is 107 Å². The van der Waals surface area contributed by atoms with Gasteiger partial charge in [-0.1, -0.05) is 54.7 Å². The summed E-state index contributed by atoms with van der Waals surface area (Å²) in [5.74, 6) is -1.34. The quantitative estimate of drug-likeness (QED) is 0.261. The molecule has 0 aliphatic heterocycles. The Morgan fingerprint density at radius 2 is 1.76 bits per heavy atom. The smallest absolute Gasteiger partial charge is 0.302 e. The van der Waals surface area contributed by atoms with Crippen molar-refractivity contribution in [3.8, 4) is 0 Å². The monoisotopic (exact) mass is 524 g/mol. The summed E-state index contributed by atoms with van der Waals surface area (Å²) in [5.41, 5.74) is 6.95. The molecule has 0 saturated carbocycles. The maximum atomic E-state index is 14.2. The van der Waals surface area contributed by atoms with Crippen LogP contribution in [0, 0.1) is 5.92 Å². The molecule has 0 aliphatic carbocycles. The Balaban J connectivity index is 1.90. The Bertz CT molecular complexity index is 1230. The number of benzene rings is 2. The van der Waals surface area contributed by atoms with E-state index in [1.54, 1.807) is 6.07 Å². The van der Waals surface area contributed by atoms with Crippen molar-refractivity contribution in [2.24, 2.45) is 11.7 Å². The van der Waals surface area contributed by atoms with E-state index in [2.05, 4.69) is 15.3 Å². The standard InChI is InChI=1S/C28H33FN4O3S/c1-18(34)36-25(16-20(26(30)37)13-14-28(2,3)29)23(15-19-9-5-4-6-10-19)33-27(35)24-17-31-21-11-7-8-12-22(21)32-24/h4-12,17,20,23,25H,13-16H2,1-3H3,(H2,30,37)(H,33,35). The van der Waals surface area contributed by atoms with E-state index in [9.17, 15) is 14.0 Å². The van der Waals surface area contributed by atoms with Crippen molar-refractivity contribution in [1.29, 1.82) is 0 Å². The van der Waals surface area contributed by atoms with Crippen LogP contribution in [0.4, 0.5) is 4.39 Å². The fourth-order valence-corrected chi connectivity index (χ4v) is 4.35. The molecular formula is C28H33FN4O3S. The number of hydrogen-bond donors (Lipinski definition) is 2. The molecule has 0 bridgehead atoms. The number of amides is 1. The van der Waals surface area contributed by atoms with Gasteiger partial charge in [0.05, 0.1) is 28.3 Å². The van der Waals surface area contributed by atoms with Crippen LogP contribution < -0.4 is 11.1 Å². The van der Waals surface area contributed by atoms with Crippen LogP contribution in [0.25, 0.3) is 11.0 Å². The zero-order valence-electron chi connectivity index (χ0n) is 21.3. The molecule has 9 heteroatoms. The third kappa shape index (κ3) is 8.86. The van der Waals surface area contributed by atoms with Gasteiger partial charge in [-0.05, 0) is 57.2 Å².